The maximum absolute atomic E-state index is 11.8. The minimum atomic E-state index is -4.35. The van der Waals surface area contributed by atoms with Gasteiger partial charge in [-0.05, 0) is 30.7 Å². The van der Waals surface area contributed by atoms with Crippen LogP contribution in [-0.2, 0) is 10.1 Å². The molecular weight excluding hydrogens is 351 g/mol. The van der Waals surface area contributed by atoms with Crippen molar-refractivity contribution < 1.29 is 47.6 Å². The molecule has 0 fully saturated rings. The predicted octanol–water partition coefficient (Wildman–Crippen LogP) is 0.888. The van der Waals surface area contributed by atoms with E-state index >= 15 is 0 Å². The van der Waals surface area contributed by atoms with Gasteiger partial charge in [0.15, 0.2) is 0 Å². The molecule has 122 valence electrons. The number of benzene rings is 3. The third-order valence-electron chi connectivity index (χ3n) is 3.52. The van der Waals surface area contributed by atoms with Crippen molar-refractivity contribution >= 4 is 32.3 Å². The van der Waals surface area contributed by atoms with Crippen LogP contribution in [0.3, 0.4) is 0 Å². The van der Waals surface area contributed by atoms with Gasteiger partial charge in [0.1, 0.15) is 4.90 Å². The van der Waals surface area contributed by atoms with Crippen molar-refractivity contribution in [1.82, 2.24) is 0 Å². The van der Waals surface area contributed by atoms with Crippen molar-refractivity contribution in [1.29, 1.82) is 0 Å². The van der Waals surface area contributed by atoms with Gasteiger partial charge in [-0.15, -0.1) is 5.11 Å². The second-order valence-corrected chi connectivity index (χ2v) is 6.66. The fourth-order valence-electron chi connectivity index (χ4n) is 2.38. The molecule has 0 aliphatic carbocycles. The van der Waals surface area contributed by atoms with Crippen LogP contribution in [0, 0.1) is 6.92 Å². The van der Waals surface area contributed by atoms with Crippen LogP contribution in [0.1, 0.15) is 5.56 Å². The minimum absolute atomic E-state index is 0. The normalized spacial score (nSPS) is 11.6. The summed E-state index contributed by atoms with van der Waals surface area (Å²) >= 11 is 0. The zero-order valence-corrected chi connectivity index (χ0v) is 16.5. The average Bonchev–Trinajstić information content (AvgIpc) is 2.54. The fourth-order valence-corrected chi connectivity index (χ4v) is 3.08. The van der Waals surface area contributed by atoms with Gasteiger partial charge < -0.3 is 5.11 Å². The van der Waals surface area contributed by atoms with Crippen LogP contribution in [-0.4, -0.2) is 13.0 Å². The second kappa shape index (κ2) is 7.63. The quantitative estimate of drug-likeness (QED) is 0.423. The van der Waals surface area contributed by atoms with E-state index < -0.39 is 10.1 Å². The number of nitrogens with zero attached hydrogens (tertiary/aromatic N) is 2. The summed E-state index contributed by atoms with van der Waals surface area (Å²) in [4.78, 5) is -0.197. The van der Waals surface area contributed by atoms with Gasteiger partial charge in [-0.1, -0.05) is 42.1 Å². The van der Waals surface area contributed by atoms with Crippen LogP contribution in [0.15, 0.2) is 69.7 Å². The van der Waals surface area contributed by atoms with Crippen LogP contribution in [0.5, 0.6) is 5.75 Å². The molecule has 0 bridgehead atoms. The topological polar surface area (TPSA) is 102 Å². The summed E-state index contributed by atoms with van der Waals surface area (Å²) < 4.78 is 32.3. The number of fused-ring (bicyclic) bond motifs is 1. The van der Waals surface area contributed by atoms with Gasteiger partial charge in [0, 0.05) is 10.8 Å². The van der Waals surface area contributed by atoms with E-state index in [4.69, 9.17) is 0 Å². The van der Waals surface area contributed by atoms with Gasteiger partial charge in [-0.3, -0.25) is 4.55 Å². The number of hydrogen-bond acceptors (Lipinski definition) is 5. The van der Waals surface area contributed by atoms with Gasteiger partial charge in [0.2, 0.25) is 0 Å². The van der Waals surface area contributed by atoms with E-state index in [-0.39, 0.29) is 45.9 Å². The van der Waals surface area contributed by atoms with Crippen molar-refractivity contribution in [2.75, 3.05) is 0 Å². The summed E-state index contributed by atoms with van der Waals surface area (Å²) in [6, 6.07) is 14.1. The summed E-state index contributed by atoms with van der Waals surface area (Å²) in [6.07, 6.45) is 0. The largest absolute Gasteiger partial charge is 1.00 e. The minimum Gasteiger partial charge on any atom is -0.871 e. The Labute approximate surface area is 167 Å². The molecule has 6 nitrogen and oxygen atoms in total. The maximum Gasteiger partial charge on any atom is 1.00 e. The molecule has 0 aliphatic rings. The van der Waals surface area contributed by atoms with E-state index in [2.05, 4.69) is 10.2 Å². The summed E-state index contributed by atoms with van der Waals surface area (Å²) in [7, 11) is -4.35. The molecule has 0 saturated carbocycles. The van der Waals surface area contributed by atoms with E-state index in [1.54, 1.807) is 36.4 Å². The molecule has 0 spiro atoms. The summed E-state index contributed by atoms with van der Waals surface area (Å²) in [5.74, 6) is -0.247. The van der Waals surface area contributed by atoms with E-state index in [1.807, 2.05) is 6.92 Å². The molecule has 0 amide bonds. The molecule has 0 aliphatic heterocycles. The maximum atomic E-state index is 11.8. The molecule has 25 heavy (non-hydrogen) atoms. The Morgan fingerprint density at radius 3 is 2.24 bits per heavy atom. The van der Waals surface area contributed by atoms with Crippen LogP contribution in [0.4, 0.5) is 11.4 Å². The Morgan fingerprint density at radius 1 is 0.920 bits per heavy atom. The molecule has 0 radical (unpaired) electrons. The van der Waals surface area contributed by atoms with Gasteiger partial charge in [0.25, 0.3) is 10.1 Å². The summed E-state index contributed by atoms with van der Waals surface area (Å²) in [5.41, 5.74) is 1.49. The van der Waals surface area contributed by atoms with Crippen molar-refractivity contribution in [3.8, 4) is 5.75 Å². The molecule has 3 aromatic carbocycles. The average molecular weight is 364 g/mol. The Morgan fingerprint density at radius 2 is 1.56 bits per heavy atom. The number of aryl methyl sites for hydroxylation is 1. The van der Waals surface area contributed by atoms with Crippen LogP contribution < -0.4 is 34.7 Å². The molecule has 8 heteroatoms. The third kappa shape index (κ3) is 4.26. The molecule has 0 saturated heterocycles. The molecule has 0 heterocycles. The first-order valence-corrected chi connectivity index (χ1v) is 8.49. The van der Waals surface area contributed by atoms with Gasteiger partial charge in [0.05, 0.1) is 11.4 Å². The molecule has 3 aromatic rings. The van der Waals surface area contributed by atoms with Crippen LogP contribution in [0.2, 0.25) is 0 Å². The van der Waals surface area contributed by atoms with Gasteiger partial charge in [-0.25, -0.2) is 0 Å². The van der Waals surface area contributed by atoms with Gasteiger partial charge >= 0.3 is 29.6 Å². The van der Waals surface area contributed by atoms with Crippen molar-refractivity contribution in [2.45, 2.75) is 11.8 Å². The van der Waals surface area contributed by atoms with Crippen LogP contribution in [0.25, 0.3) is 10.8 Å². The molecule has 0 atom stereocenters. The third-order valence-corrected chi connectivity index (χ3v) is 4.43. The van der Waals surface area contributed by atoms with E-state index in [1.165, 1.54) is 18.2 Å². The Kier molecular flexibility index (Phi) is 5.97. The zero-order valence-electron chi connectivity index (χ0n) is 13.7. The van der Waals surface area contributed by atoms with Crippen LogP contribution >= 0.6 is 0 Å². The smallest absolute Gasteiger partial charge is 0.871 e. The molecular formula is C17H13N2NaO4S. The monoisotopic (exact) mass is 364 g/mol. The SMILES string of the molecule is Cc1ccc([O-])c(N=Nc2ccc(S(=O)(=O)O)c3ccccc23)c1.[Na+]. The van der Waals surface area contributed by atoms with E-state index in [0.29, 0.717) is 16.5 Å². The number of hydrogen-bond donors (Lipinski definition) is 1. The summed E-state index contributed by atoms with van der Waals surface area (Å²) in [6.45, 7) is 1.84. The first-order chi connectivity index (χ1) is 11.4. The summed E-state index contributed by atoms with van der Waals surface area (Å²) in [5, 5.41) is 20.7. The number of rotatable bonds is 3. The Hall–Kier alpha value is -1.77. The first-order valence-electron chi connectivity index (χ1n) is 7.05. The van der Waals surface area contributed by atoms with Crippen molar-refractivity contribution in [2.24, 2.45) is 10.2 Å². The fraction of sp³-hybridized carbons (Fsp3) is 0.0588. The molecule has 0 aromatic heterocycles. The van der Waals surface area contributed by atoms with Crippen molar-refractivity contribution in [3.05, 3.63) is 60.2 Å². The molecule has 1 N–H and O–H groups in total. The van der Waals surface area contributed by atoms with E-state index in [9.17, 15) is 18.1 Å². The molecule has 3 rings (SSSR count). The van der Waals surface area contributed by atoms with E-state index in [0.717, 1.165) is 5.56 Å². The Balaban J connectivity index is 0.00000225. The predicted molar refractivity (Wildman–Crippen MR) is 88.6 cm³/mol. The standard InChI is InChI=1S/C17H14N2O4S.Na/c1-11-6-8-16(20)15(10-11)19-18-14-7-9-17(24(21,22)23)13-5-3-2-4-12(13)14;/h2-10,20H,1H3,(H,21,22,23);/q;+1/p-1. The second-order valence-electron chi connectivity index (χ2n) is 5.27. The number of azo groups is 1. The molecule has 0 unspecified atom stereocenters. The Bertz CT molecular complexity index is 1070. The van der Waals surface area contributed by atoms with Gasteiger partial charge in [-0.2, -0.15) is 13.5 Å². The first kappa shape index (κ1) is 19.6. The van der Waals surface area contributed by atoms with Crippen molar-refractivity contribution in [3.63, 3.8) is 0 Å². The zero-order chi connectivity index (χ0) is 17.3.